The van der Waals surface area contributed by atoms with Crippen LogP contribution in [0.3, 0.4) is 0 Å². The number of nitrogens with zero attached hydrogens (tertiary/aromatic N) is 2. The zero-order valence-electron chi connectivity index (χ0n) is 11.3. The molecule has 0 unspecified atom stereocenters. The van der Waals surface area contributed by atoms with Crippen LogP contribution in [0.2, 0.25) is 5.02 Å². The molecule has 0 saturated carbocycles. The molecule has 21 heavy (non-hydrogen) atoms. The van der Waals surface area contributed by atoms with Gasteiger partial charge in [0.2, 0.25) is 0 Å². The number of halogens is 1. The minimum absolute atomic E-state index is 0.142. The second-order valence-corrected chi connectivity index (χ2v) is 6.84. The Morgan fingerprint density at radius 2 is 1.76 bits per heavy atom. The molecule has 6 heteroatoms. The van der Waals surface area contributed by atoms with Gasteiger partial charge in [0.25, 0.3) is 10.0 Å². The molecular weight excluding hydrogens is 308 g/mol. The lowest BCUT2D eigenvalue weighted by Crippen LogP contribution is -2.23. The van der Waals surface area contributed by atoms with E-state index < -0.39 is 10.0 Å². The number of anilines is 1. The highest BCUT2D eigenvalue weighted by Crippen LogP contribution is 2.28. The summed E-state index contributed by atoms with van der Waals surface area (Å²) in [5, 5.41) is 0.493. The van der Waals surface area contributed by atoms with Crippen LogP contribution in [0.4, 0.5) is 5.69 Å². The van der Waals surface area contributed by atoms with E-state index in [9.17, 15) is 8.42 Å². The number of sulfonamides is 1. The third kappa shape index (κ3) is 2.66. The van der Waals surface area contributed by atoms with E-state index in [-0.39, 0.29) is 4.90 Å². The number of hydrogen-bond acceptors (Lipinski definition) is 2. The highest BCUT2D eigenvalue weighted by Gasteiger charge is 2.24. The number of hydrogen-bond donors (Lipinski definition) is 0. The van der Waals surface area contributed by atoms with Gasteiger partial charge in [0.1, 0.15) is 5.84 Å². The molecule has 108 valence electrons. The van der Waals surface area contributed by atoms with Crippen LogP contribution >= 0.6 is 11.6 Å². The predicted octanol–water partition coefficient (Wildman–Crippen LogP) is 3.12. The molecule has 2 aromatic rings. The molecule has 0 amide bonds. The molecule has 4 nitrogen and oxygen atoms in total. The third-order valence-corrected chi connectivity index (χ3v) is 5.00. The van der Waals surface area contributed by atoms with Crippen LogP contribution in [0.1, 0.15) is 5.56 Å². The SMILES string of the molecule is CN1/C(=N/S(=O)(=O)c2ccc(Cl)cc2)Cc2ccccc21. The van der Waals surface area contributed by atoms with E-state index in [4.69, 9.17) is 11.6 Å². The first-order valence-electron chi connectivity index (χ1n) is 6.38. The number of benzene rings is 2. The van der Waals surface area contributed by atoms with Crippen LogP contribution in [0.5, 0.6) is 0 Å². The Morgan fingerprint density at radius 1 is 1.10 bits per heavy atom. The summed E-state index contributed by atoms with van der Waals surface area (Å²) in [5.74, 6) is 0.520. The van der Waals surface area contributed by atoms with Crippen molar-refractivity contribution in [3.8, 4) is 0 Å². The molecule has 0 atom stereocenters. The Hall–Kier alpha value is -1.85. The first-order valence-corrected chi connectivity index (χ1v) is 8.20. The maximum absolute atomic E-state index is 12.3. The predicted molar refractivity (Wildman–Crippen MR) is 84.6 cm³/mol. The van der Waals surface area contributed by atoms with Gasteiger partial charge in [-0.05, 0) is 35.9 Å². The topological polar surface area (TPSA) is 49.7 Å². The summed E-state index contributed by atoms with van der Waals surface area (Å²) in [6.07, 6.45) is 0.513. The lowest BCUT2D eigenvalue weighted by Gasteiger charge is -2.13. The normalized spacial score (nSPS) is 16.3. The van der Waals surface area contributed by atoms with Crippen molar-refractivity contribution in [3.05, 3.63) is 59.1 Å². The number of likely N-dealkylation sites (N-methyl/N-ethyl adjacent to an activating group) is 1. The summed E-state index contributed by atoms with van der Waals surface area (Å²) in [6.45, 7) is 0. The van der Waals surface area contributed by atoms with Crippen LogP contribution < -0.4 is 4.90 Å². The van der Waals surface area contributed by atoms with E-state index in [0.29, 0.717) is 17.3 Å². The van der Waals surface area contributed by atoms with Gasteiger partial charge in [0.15, 0.2) is 0 Å². The van der Waals surface area contributed by atoms with Gasteiger partial charge in [-0.3, -0.25) is 0 Å². The van der Waals surface area contributed by atoms with E-state index >= 15 is 0 Å². The molecule has 0 saturated heterocycles. The van der Waals surface area contributed by atoms with Crippen molar-refractivity contribution in [2.75, 3.05) is 11.9 Å². The van der Waals surface area contributed by atoms with E-state index in [0.717, 1.165) is 11.3 Å². The minimum atomic E-state index is -3.72. The molecule has 2 aromatic carbocycles. The molecule has 0 spiro atoms. The van der Waals surface area contributed by atoms with Crippen molar-refractivity contribution in [1.82, 2.24) is 0 Å². The number of fused-ring (bicyclic) bond motifs is 1. The quantitative estimate of drug-likeness (QED) is 0.854. The zero-order chi connectivity index (χ0) is 15.0. The van der Waals surface area contributed by atoms with Crippen molar-refractivity contribution in [3.63, 3.8) is 0 Å². The third-order valence-electron chi connectivity index (χ3n) is 3.43. The summed E-state index contributed by atoms with van der Waals surface area (Å²) >= 11 is 5.78. The van der Waals surface area contributed by atoms with E-state index in [2.05, 4.69) is 4.40 Å². The smallest absolute Gasteiger partial charge is 0.283 e. The molecule has 1 heterocycles. The first-order chi connectivity index (χ1) is 9.97. The van der Waals surface area contributed by atoms with Crippen molar-refractivity contribution < 1.29 is 8.42 Å². The van der Waals surface area contributed by atoms with Gasteiger partial charge >= 0.3 is 0 Å². The number of amidine groups is 1. The second kappa shape index (κ2) is 5.16. The van der Waals surface area contributed by atoms with Gasteiger partial charge in [-0.15, -0.1) is 4.40 Å². The molecule has 0 N–H and O–H groups in total. The Labute approximate surface area is 128 Å². The van der Waals surface area contributed by atoms with Gasteiger partial charge in [0.05, 0.1) is 4.90 Å². The fraction of sp³-hybridized carbons (Fsp3) is 0.133. The minimum Gasteiger partial charge on any atom is -0.332 e. The molecule has 3 rings (SSSR count). The molecule has 1 aliphatic heterocycles. The molecule has 0 fully saturated rings. The van der Waals surface area contributed by atoms with Crippen molar-refractivity contribution in [1.29, 1.82) is 0 Å². The fourth-order valence-electron chi connectivity index (χ4n) is 2.31. The van der Waals surface area contributed by atoms with Gasteiger partial charge in [0, 0.05) is 24.2 Å². The summed E-state index contributed by atoms with van der Waals surface area (Å²) in [5.41, 5.74) is 2.06. The maximum Gasteiger partial charge on any atom is 0.283 e. The van der Waals surface area contributed by atoms with Crippen molar-refractivity contribution >= 4 is 33.1 Å². The average molecular weight is 321 g/mol. The Balaban J connectivity index is 1.98. The summed E-state index contributed by atoms with van der Waals surface area (Å²) in [6, 6.07) is 13.8. The van der Waals surface area contributed by atoms with Crippen LogP contribution in [-0.4, -0.2) is 21.3 Å². The Morgan fingerprint density at radius 3 is 2.43 bits per heavy atom. The van der Waals surface area contributed by atoms with Crippen LogP contribution in [0, 0.1) is 0 Å². The molecule has 0 bridgehead atoms. The van der Waals surface area contributed by atoms with Gasteiger partial charge < -0.3 is 4.90 Å². The average Bonchev–Trinajstić information content (AvgIpc) is 2.76. The van der Waals surface area contributed by atoms with Crippen molar-refractivity contribution in [2.45, 2.75) is 11.3 Å². The van der Waals surface area contributed by atoms with Gasteiger partial charge in [-0.1, -0.05) is 29.8 Å². The van der Waals surface area contributed by atoms with Gasteiger partial charge in [-0.25, -0.2) is 0 Å². The molecular formula is C15H13ClN2O2S. The molecule has 0 radical (unpaired) electrons. The van der Waals surface area contributed by atoms with Crippen LogP contribution in [0.15, 0.2) is 57.8 Å². The lowest BCUT2D eigenvalue weighted by molar-refractivity contribution is 0.598. The largest absolute Gasteiger partial charge is 0.332 e. The maximum atomic E-state index is 12.3. The van der Waals surface area contributed by atoms with Crippen molar-refractivity contribution in [2.24, 2.45) is 4.40 Å². The number of para-hydroxylation sites is 1. The highest BCUT2D eigenvalue weighted by atomic mass is 35.5. The molecule has 1 aliphatic rings. The summed E-state index contributed by atoms with van der Waals surface area (Å²) in [4.78, 5) is 1.95. The summed E-state index contributed by atoms with van der Waals surface area (Å²) < 4.78 is 28.7. The number of rotatable bonds is 2. The van der Waals surface area contributed by atoms with E-state index in [1.165, 1.54) is 12.1 Å². The van der Waals surface area contributed by atoms with Crippen LogP contribution in [0.25, 0.3) is 0 Å². The Kier molecular flexibility index (Phi) is 3.47. The van der Waals surface area contributed by atoms with Crippen LogP contribution in [-0.2, 0) is 16.4 Å². The Bertz CT molecular complexity index is 814. The molecule has 0 aliphatic carbocycles. The van der Waals surface area contributed by atoms with Gasteiger partial charge in [-0.2, -0.15) is 8.42 Å². The standard InChI is InChI=1S/C15H13ClN2O2S/c1-18-14-5-3-2-4-11(14)10-15(18)17-21(19,20)13-8-6-12(16)7-9-13/h2-9H,10H2,1H3/b17-15+. The lowest BCUT2D eigenvalue weighted by atomic mass is 10.2. The van der Waals surface area contributed by atoms with E-state index in [1.807, 2.05) is 36.2 Å². The molecule has 0 aromatic heterocycles. The monoisotopic (exact) mass is 320 g/mol. The van der Waals surface area contributed by atoms with E-state index in [1.54, 1.807) is 12.1 Å². The first kappa shape index (κ1) is 14.1. The summed E-state index contributed by atoms with van der Waals surface area (Å²) in [7, 11) is -1.90. The highest BCUT2D eigenvalue weighted by molar-refractivity contribution is 7.90. The fourth-order valence-corrected chi connectivity index (χ4v) is 3.48. The second-order valence-electron chi connectivity index (χ2n) is 4.80. The zero-order valence-corrected chi connectivity index (χ0v) is 12.9.